The molecule has 0 aliphatic carbocycles. The summed E-state index contributed by atoms with van der Waals surface area (Å²) in [6.45, 7) is 2.21. The van der Waals surface area contributed by atoms with Gasteiger partial charge in [-0.2, -0.15) is 18.3 Å². The predicted molar refractivity (Wildman–Crippen MR) is 97.0 cm³/mol. The smallest absolute Gasteiger partial charge is 0.416 e. The van der Waals surface area contributed by atoms with Crippen molar-refractivity contribution in [2.24, 2.45) is 0 Å². The SMILES string of the molecule is CCOc1ccc(S(=O)(=O)Nc2cc(C(F)(F)F)ccc2-n2cccn2)cc1. The van der Waals surface area contributed by atoms with Crippen LogP contribution in [0.25, 0.3) is 5.69 Å². The molecule has 0 aliphatic rings. The molecule has 148 valence electrons. The van der Waals surface area contributed by atoms with Crippen LogP contribution in [0.1, 0.15) is 12.5 Å². The Bertz CT molecular complexity index is 1050. The van der Waals surface area contributed by atoms with Crippen LogP contribution < -0.4 is 9.46 Å². The summed E-state index contributed by atoms with van der Waals surface area (Å²) in [5, 5.41) is 3.96. The molecule has 0 saturated heterocycles. The van der Waals surface area contributed by atoms with E-state index in [1.165, 1.54) is 41.3 Å². The van der Waals surface area contributed by atoms with E-state index < -0.39 is 21.8 Å². The van der Waals surface area contributed by atoms with E-state index in [1.54, 1.807) is 13.0 Å². The summed E-state index contributed by atoms with van der Waals surface area (Å²) in [6, 6.07) is 9.91. The molecule has 3 rings (SSSR count). The largest absolute Gasteiger partial charge is 0.494 e. The number of benzene rings is 2. The first kappa shape index (κ1) is 19.7. The Morgan fingerprint density at radius 2 is 1.86 bits per heavy atom. The first-order valence-electron chi connectivity index (χ1n) is 8.17. The first-order chi connectivity index (χ1) is 13.2. The number of hydrogen-bond acceptors (Lipinski definition) is 4. The fraction of sp³-hybridized carbons (Fsp3) is 0.167. The third-order valence-electron chi connectivity index (χ3n) is 3.76. The highest BCUT2D eigenvalue weighted by atomic mass is 32.2. The van der Waals surface area contributed by atoms with Gasteiger partial charge in [-0.25, -0.2) is 13.1 Å². The second kappa shape index (κ2) is 7.55. The molecule has 0 spiro atoms. The molecule has 0 fully saturated rings. The van der Waals surface area contributed by atoms with E-state index in [0.717, 1.165) is 18.2 Å². The van der Waals surface area contributed by atoms with Gasteiger partial charge >= 0.3 is 6.18 Å². The third kappa shape index (κ3) is 4.28. The summed E-state index contributed by atoms with van der Waals surface area (Å²) in [6.07, 6.45) is -1.69. The zero-order valence-electron chi connectivity index (χ0n) is 14.6. The summed E-state index contributed by atoms with van der Waals surface area (Å²) >= 11 is 0. The molecular weight excluding hydrogens is 395 g/mol. The standard InChI is InChI=1S/C18H16F3N3O3S/c1-2-27-14-5-7-15(8-6-14)28(25,26)23-16-12-13(18(19,20)21)4-9-17(16)24-11-3-10-22-24/h3-12,23H,2H2,1H3. The van der Waals surface area contributed by atoms with Gasteiger partial charge in [0.05, 0.1) is 28.4 Å². The quantitative estimate of drug-likeness (QED) is 0.663. The molecule has 6 nitrogen and oxygen atoms in total. The van der Waals surface area contributed by atoms with Gasteiger partial charge in [-0.15, -0.1) is 0 Å². The van der Waals surface area contributed by atoms with Crippen LogP contribution in [-0.4, -0.2) is 24.8 Å². The number of nitrogens with one attached hydrogen (secondary N) is 1. The van der Waals surface area contributed by atoms with Gasteiger partial charge < -0.3 is 4.74 Å². The molecule has 10 heteroatoms. The molecule has 0 bridgehead atoms. The second-order valence-electron chi connectivity index (χ2n) is 5.69. The zero-order chi connectivity index (χ0) is 20.4. The maximum atomic E-state index is 13.1. The van der Waals surface area contributed by atoms with Gasteiger partial charge in [0, 0.05) is 12.4 Å². The highest BCUT2D eigenvalue weighted by Crippen LogP contribution is 2.34. The van der Waals surface area contributed by atoms with Crippen molar-refractivity contribution in [1.82, 2.24) is 9.78 Å². The summed E-state index contributed by atoms with van der Waals surface area (Å²) < 4.78 is 73.4. The Balaban J connectivity index is 2.01. The van der Waals surface area contributed by atoms with Gasteiger partial charge in [0.1, 0.15) is 5.75 Å². The van der Waals surface area contributed by atoms with Crippen molar-refractivity contribution in [3.05, 3.63) is 66.5 Å². The average molecular weight is 411 g/mol. The minimum Gasteiger partial charge on any atom is -0.494 e. The summed E-state index contributed by atoms with van der Waals surface area (Å²) in [7, 11) is -4.13. The fourth-order valence-corrected chi connectivity index (χ4v) is 3.56. The van der Waals surface area contributed by atoms with E-state index in [-0.39, 0.29) is 16.3 Å². The Labute approximate surface area is 159 Å². The number of hydrogen-bond donors (Lipinski definition) is 1. The van der Waals surface area contributed by atoms with Crippen LogP contribution in [0.4, 0.5) is 18.9 Å². The van der Waals surface area contributed by atoms with Crippen molar-refractivity contribution >= 4 is 15.7 Å². The minimum absolute atomic E-state index is 0.111. The van der Waals surface area contributed by atoms with E-state index in [2.05, 4.69) is 9.82 Å². The van der Waals surface area contributed by atoms with E-state index in [1.807, 2.05) is 0 Å². The number of aromatic nitrogens is 2. The predicted octanol–water partition coefficient (Wildman–Crippen LogP) is 4.09. The van der Waals surface area contributed by atoms with Gasteiger partial charge in [-0.3, -0.25) is 4.72 Å². The molecule has 3 aromatic rings. The van der Waals surface area contributed by atoms with Crippen LogP contribution in [0.2, 0.25) is 0 Å². The Morgan fingerprint density at radius 3 is 2.43 bits per heavy atom. The number of nitrogens with zero attached hydrogens (tertiary/aromatic N) is 2. The maximum Gasteiger partial charge on any atom is 0.416 e. The molecule has 1 heterocycles. The van der Waals surface area contributed by atoms with Crippen LogP contribution >= 0.6 is 0 Å². The van der Waals surface area contributed by atoms with Crippen LogP contribution in [0.5, 0.6) is 5.75 Å². The lowest BCUT2D eigenvalue weighted by atomic mass is 10.1. The van der Waals surface area contributed by atoms with Gasteiger partial charge in [0.2, 0.25) is 0 Å². The van der Waals surface area contributed by atoms with E-state index in [9.17, 15) is 21.6 Å². The number of alkyl halides is 3. The number of anilines is 1. The lowest BCUT2D eigenvalue weighted by Gasteiger charge is -2.16. The van der Waals surface area contributed by atoms with Crippen molar-refractivity contribution in [1.29, 1.82) is 0 Å². The third-order valence-corrected chi connectivity index (χ3v) is 5.15. The summed E-state index contributed by atoms with van der Waals surface area (Å²) in [5.74, 6) is 0.484. The molecular formula is C18H16F3N3O3S. The number of rotatable bonds is 6. The topological polar surface area (TPSA) is 73.2 Å². The van der Waals surface area contributed by atoms with Gasteiger partial charge in [0.25, 0.3) is 10.0 Å². The molecule has 0 aliphatic heterocycles. The van der Waals surface area contributed by atoms with Crippen LogP contribution in [0, 0.1) is 0 Å². The molecule has 28 heavy (non-hydrogen) atoms. The Kier molecular flexibility index (Phi) is 5.32. The van der Waals surface area contributed by atoms with E-state index in [4.69, 9.17) is 4.74 Å². The number of halogens is 3. The van der Waals surface area contributed by atoms with Crippen molar-refractivity contribution in [2.75, 3.05) is 11.3 Å². The normalized spacial score (nSPS) is 12.0. The molecule has 1 N–H and O–H groups in total. The lowest BCUT2D eigenvalue weighted by Crippen LogP contribution is -2.16. The molecule has 0 amide bonds. The Morgan fingerprint density at radius 1 is 1.14 bits per heavy atom. The van der Waals surface area contributed by atoms with Crippen LogP contribution in [0.3, 0.4) is 0 Å². The van der Waals surface area contributed by atoms with Gasteiger partial charge in [0.15, 0.2) is 0 Å². The van der Waals surface area contributed by atoms with Crippen molar-refractivity contribution < 1.29 is 26.3 Å². The molecule has 0 saturated carbocycles. The van der Waals surface area contributed by atoms with Crippen LogP contribution in [-0.2, 0) is 16.2 Å². The molecule has 0 atom stereocenters. The van der Waals surface area contributed by atoms with Crippen molar-refractivity contribution in [2.45, 2.75) is 18.0 Å². The average Bonchev–Trinajstić information content (AvgIpc) is 3.16. The Hall–Kier alpha value is -3.01. The number of sulfonamides is 1. The second-order valence-corrected chi connectivity index (χ2v) is 7.37. The lowest BCUT2D eigenvalue weighted by molar-refractivity contribution is -0.137. The van der Waals surface area contributed by atoms with E-state index in [0.29, 0.717) is 12.4 Å². The highest BCUT2D eigenvalue weighted by molar-refractivity contribution is 7.92. The molecule has 2 aromatic carbocycles. The monoisotopic (exact) mass is 411 g/mol. The van der Waals surface area contributed by atoms with Crippen LogP contribution in [0.15, 0.2) is 65.8 Å². The molecule has 1 aromatic heterocycles. The van der Waals surface area contributed by atoms with Crippen molar-refractivity contribution in [3.63, 3.8) is 0 Å². The number of ether oxygens (including phenoxy) is 1. The van der Waals surface area contributed by atoms with Gasteiger partial charge in [-0.1, -0.05) is 0 Å². The fourth-order valence-electron chi connectivity index (χ4n) is 2.49. The summed E-state index contributed by atoms with van der Waals surface area (Å²) in [5.41, 5.74) is -1.06. The molecule has 0 radical (unpaired) electrons. The maximum absolute atomic E-state index is 13.1. The first-order valence-corrected chi connectivity index (χ1v) is 9.66. The van der Waals surface area contributed by atoms with Crippen molar-refractivity contribution in [3.8, 4) is 11.4 Å². The van der Waals surface area contributed by atoms with E-state index >= 15 is 0 Å². The molecule has 0 unspecified atom stereocenters. The highest BCUT2D eigenvalue weighted by Gasteiger charge is 2.32. The zero-order valence-corrected chi connectivity index (χ0v) is 15.5. The minimum atomic E-state index is -4.62. The van der Waals surface area contributed by atoms with Gasteiger partial charge in [-0.05, 0) is 55.5 Å². The summed E-state index contributed by atoms with van der Waals surface area (Å²) in [4.78, 5) is -0.111.